The largest absolute Gasteiger partial charge is 0.411 e. The van der Waals surface area contributed by atoms with Gasteiger partial charge in [0.05, 0.1) is 5.25 Å². The van der Waals surface area contributed by atoms with Crippen LogP contribution in [-0.2, 0) is 11.3 Å². The average molecular weight is 480 g/mol. The molecule has 2 heterocycles. The van der Waals surface area contributed by atoms with E-state index in [1.54, 1.807) is 0 Å². The maximum atomic E-state index is 13.0. The van der Waals surface area contributed by atoms with Crippen LogP contribution >= 0.6 is 11.8 Å². The molecule has 1 aromatic heterocycles. The molecule has 1 atom stereocenters. The topological polar surface area (TPSA) is 65.7 Å². The Morgan fingerprint density at radius 1 is 1.00 bits per heavy atom. The normalized spacial score (nSPS) is 15.3. The Balaban J connectivity index is 1.29. The van der Waals surface area contributed by atoms with Crippen molar-refractivity contribution in [3.8, 4) is 11.5 Å². The molecule has 34 heavy (non-hydrogen) atoms. The summed E-state index contributed by atoms with van der Waals surface area (Å²) in [5.41, 5.74) is 3.36. The molecule has 1 unspecified atom stereocenters. The molecule has 0 saturated carbocycles. The second kappa shape index (κ2) is 11.5. The molecule has 0 radical (unpaired) electrons. The van der Waals surface area contributed by atoms with Gasteiger partial charge in [-0.25, -0.2) is 0 Å². The second-order valence-electron chi connectivity index (χ2n) is 8.44. The van der Waals surface area contributed by atoms with Gasteiger partial charge in [0.2, 0.25) is 11.8 Å². The van der Waals surface area contributed by atoms with E-state index in [-0.39, 0.29) is 11.2 Å². The Labute approximate surface area is 206 Å². The summed E-state index contributed by atoms with van der Waals surface area (Å²) in [7, 11) is 0. The third-order valence-electron chi connectivity index (χ3n) is 6.21. The van der Waals surface area contributed by atoms with Gasteiger partial charge in [0.25, 0.3) is 5.22 Å². The number of rotatable bonds is 9. The van der Waals surface area contributed by atoms with Crippen LogP contribution in [0.5, 0.6) is 0 Å². The number of carbonyl (C=O) groups is 1. The van der Waals surface area contributed by atoms with Gasteiger partial charge in [-0.15, -0.1) is 10.2 Å². The van der Waals surface area contributed by atoms with Crippen molar-refractivity contribution < 1.29 is 9.21 Å². The molecule has 3 aromatic rings. The Morgan fingerprint density at radius 3 is 2.32 bits per heavy atom. The number of benzene rings is 2. The Bertz CT molecular complexity index is 1040. The van der Waals surface area contributed by atoms with Crippen LogP contribution in [0.25, 0.3) is 11.5 Å². The number of amides is 1. The highest BCUT2D eigenvalue weighted by molar-refractivity contribution is 8.00. The second-order valence-corrected chi connectivity index (χ2v) is 9.73. The molecule has 180 valence electrons. The van der Waals surface area contributed by atoms with Crippen molar-refractivity contribution in [3.63, 3.8) is 0 Å². The summed E-state index contributed by atoms with van der Waals surface area (Å²) in [6.45, 7) is 12.3. The lowest BCUT2D eigenvalue weighted by atomic mass is 10.2. The lowest BCUT2D eigenvalue weighted by Gasteiger charge is -2.35. The predicted molar refractivity (Wildman–Crippen MR) is 137 cm³/mol. The van der Waals surface area contributed by atoms with Crippen LogP contribution in [0.2, 0.25) is 0 Å². The van der Waals surface area contributed by atoms with E-state index < -0.39 is 0 Å². The first-order chi connectivity index (χ1) is 16.6. The minimum atomic E-state index is -0.279. The number of carbonyl (C=O) groups excluding carboxylic acids is 1. The number of thioether (sulfide) groups is 1. The molecule has 7 nitrogen and oxygen atoms in total. The van der Waals surface area contributed by atoms with Gasteiger partial charge in [-0.2, -0.15) is 0 Å². The van der Waals surface area contributed by atoms with E-state index in [1.165, 1.54) is 23.0 Å². The number of hydrogen-bond donors (Lipinski definition) is 0. The van der Waals surface area contributed by atoms with Crippen LogP contribution in [0.15, 0.2) is 64.2 Å². The summed E-state index contributed by atoms with van der Waals surface area (Å²) in [4.78, 5) is 19.6. The number of piperazine rings is 1. The average Bonchev–Trinajstić information content (AvgIpc) is 3.34. The van der Waals surface area contributed by atoms with E-state index in [4.69, 9.17) is 4.42 Å². The maximum Gasteiger partial charge on any atom is 0.277 e. The van der Waals surface area contributed by atoms with Crippen molar-refractivity contribution in [2.75, 3.05) is 44.2 Å². The molecule has 1 aliphatic rings. The monoisotopic (exact) mass is 479 g/mol. The zero-order valence-electron chi connectivity index (χ0n) is 20.2. The summed E-state index contributed by atoms with van der Waals surface area (Å²) in [6.07, 6.45) is 0. The standard InChI is InChI=1S/C26H33N5O2S/c1-4-30(5-2)23-13-11-22(12-14-23)24-27-28-26(33-24)34-20(3)25(32)31-17-15-29(16-18-31)19-21-9-7-6-8-10-21/h6-14,20H,4-5,15-19H2,1-3H3. The molecule has 1 aliphatic heterocycles. The zero-order chi connectivity index (χ0) is 23.9. The summed E-state index contributed by atoms with van der Waals surface area (Å²) >= 11 is 1.33. The predicted octanol–water partition coefficient (Wildman–Crippen LogP) is 4.41. The van der Waals surface area contributed by atoms with Gasteiger partial charge in [-0.05, 0) is 50.6 Å². The molecular weight excluding hydrogens is 446 g/mol. The Morgan fingerprint density at radius 2 is 1.68 bits per heavy atom. The highest BCUT2D eigenvalue weighted by Crippen LogP contribution is 2.28. The molecule has 0 aliphatic carbocycles. The molecule has 1 amide bonds. The fourth-order valence-corrected chi connectivity index (χ4v) is 4.97. The first-order valence-electron chi connectivity index (χ1n) is 12.0. The zero-order valence-corrected chi connectivity index (χ0v) is 21.0. The third kappa shape index (κ3) is 5.98. The molecule has 0 spiro atoms. The van der Waals surface area contributed by atoms with E-state index in [1.807, 2.05) is 30.0 Å². The highest BCUT2D eigenvalue weighted by atomic mass is 32.2. The Hall–Kier alpha value is -2.84. The van der Waals surface area contributed by atoms with Crippen molar-refractivity contribution in [1.82, 2.24) is 20.0 Å². The summed E-state index contributed by atoms with van der Waals surface area (Å²) in [6, 6.07) is 18.6. The molecule has 2 aromatic carbocycles. The van der Waals surface area contributed by atoms with Crippen LogP contribution < -0.4 is 4.90 Å². The smallest absolute Gasteiger partial charge is 0.277 e. The lowest BCUT2D eigenvalue weighted by Crippen LogP contribution is -2.50. The SMILES string of the molecule is CCN(CC)c1ccc(-c2nnc(SC(C)C(=O)N3CCN(Cc4ccccc4)CC3)o2)cc1. The lowest BCUT2D eigenvalue weighted by molar-refractivity contribution is -0.132. The van der Waals surface area contributed by atoms with Gasteiger partial charge < -0.3 is 14.2 Å². The van der Waals surface area contributed by atoms with E-state index >= 15 is 0 Å². The Kier molecular flexibility index (Phi) is 8.24. The third-order valence-corrected chi connectivity index (χ3v) is 7.13. The van der Waals surface area contributed by atoms with Gasteiger partial charge in [0, 0.05) is 57.1 Å². The molecule has 8 heteroatoms. The minimum Gasteiger partial charge on any atom is -0.411 e. The van der Waals surface area contributed by atoms with Crippen molar-refractivity contribution in [2.45, 2.75) is 37.8 Å². The number of aromatic nitrogens is 2. The van der Waals surface area contributed by atoms with Crippen molar-refractivity contribution in [2.24, 2.45) is 0 Å². The summed E-state index contributed by atoms with van der Waals surface area (Å²) in [5.74, 6) is 0.593. The van der Waals surface area contributed by atoms with E-state index in [9.17, 15) is 4.79 Å². The highest BCUT2D eigenvalue weighted by Gasteiger charge is 2.27. The molecular formula is C26H33N5O2S. The fraction of sp³-hybridized carbons (Fsp3) is 0.423. The quantitative estimate of drug-likeness (QED) is 0.421. The van der Waals surface area contributed by atoms with Crippen LogP contribution in [0.3, 0.4) is 0 Å². The summed E-state index contributed by atoms with van der Waals surface area (Å²) in [5, 5.41) is 8.50. The van der Waals surface area contributed by atoms with Crippen LogP contribution in [0, 0.1) is 0 Å². The number of nitrogens with zero attached hydrogens (tertiary/aromatic N) is 5. The number of anilines is 1. The fourth-order valence-electron chi connectivity index (χ4n) is 4.20. The van der Waals surface area contributed by atoms with E-state index in [0.29, 0.717) is 11.1 Å². The minimum absolute atomic E-state index is 0.118. The first-order valence-corrected chi connectivity index (χ1v) is 12.9. The molecule has 0 bridgehead atoms. The number of hydrogen-bond acceptors (Lipinski definition) is 7. The summed E-state index contributed by atoms with van der Waals surface area (Å²) < 4.78 is 5.86. The molecule has 0 N–H and O–H groups in total. The van der Waals surface area contributed by atoms with Gasteiger partial charge in [0.15, 0.2) is 0 Å². The van der Waals surface area contributed by atoms with Crippen molar-refractivity contribution in [3.05, 3.63) is 60.2 Å². The van der Waals surface area contributed by atoms with Gasteiger partial charge in [0.1, 0.15) is 0 Å². The molecule has 4 rings (SSSR count). The van der Waals surface area contributed by atoms with Gasteiger partial charge in [-0.3, -0.25) is 9.69 Å². The van der Waals surface area contributed by atoms with E-state index in [2.05, 4.69) is 70.2 Å². The van der Waals surface area contributed by atoms with Crippen LogP contribution in [0.1, 0.15) is 26.3 Å². The molecule has 1 saturated heterocycles. The van der Waals surface area contributed by atoms with Gasteiger partial charge in [-0.1, -0.05) is 42.1 Å². The van der Waals surface area contributed by atoms with Crippen LogP contribution in [-0.4, -0.2) is 70.4 Å². The van der Waals surface area contributed by atoms with Crippen molar-refractivity contribution in [1.29, 1.82) is 0 Å². The first kappa shape index (κ1) is 24.3. The van der Waals surface area contributed by atoms with E-state index in [0.717, 1.165) is 51.4 Å². The molecule has 1 fully saturated rings. The van der Waals surface area contributed by atoms with Crippen LogP contribution in [0.4, 0.5) is 5.69 Å². The maximum absolute atomic E-state index is 13.0. The van der Waals surface area contributed by atoms with Gasteiger partial charge >= 0.3 is 0 Å². The van der Waals surface area contributed by atoms with Crippen molar-refractivity contribution >= 4 is 23.4 Å².